The van der Waals surface area contributed by atoms with E-state index in [1.165, 1.54) is 15.6 Å². The van der Waals surface area contributed by atoms with Crippen LogP contribution in [0.1, 0.15) is 34.8 Å². The van der Waals surface area contributed by atoms with Gasteiger partial charge < -0.3 is 10.7 Å². The molecule has 0 unspecified atom stereocenters. The first kappa shape index (κ1) is 22.4. The van der Waals surface area contributed by atoms with Gasteiger partial charge in [-0.25, -0.2) is 12.7 Å². The van der Waals surface area contributed by atoms with Gasteiger partial charge in [-0.05, 0) is 65.5 Å². The lowest BCUT2D eigenvalue weighted by Crippen LogP contribution is -2.26. The molecule has 2 aromatic heterocycles. The zero-order valence-electron chi connectivity index (χ0n) is 17.7. The van der Waals surface area contributed by atoms with Gasteiger partial charge >= 0.3 is 0 Å². The standard InChI is InChI=1S/C23H22ClN3O3S2/c1-23(2,21-5-4-8-26-21)15-11-16(24)13-18(12-15)27(32(3,29)30)17-6-7-19-14(9-17)10-20(31-19)22(25)28/h4-13,26H,1-3H3,(H2,25,28). The van der Waals surface area contributed by atoms with Crippen molar-refractivity contribution in [2.45, 2.75) is 19.3 Å². The SMILES string of the molecule is CC(C)(c1cc(Cl)cc(N(c2ccc3sc(C(N)=O)cc3c2)S(C)(=O)=O)c1)c1ccc[nH]1. The van der Waals surface area contributed by atoms with E-state index in [1.54, 1.807) is 30.3 Å². The van der Waals surface area contributed by atoms with Crippen LogP contribution in [0, 0.1) is 0 Å². The van der Waals surface area contributed by atoms with Crippen molar-refractivity contribution in [1.82, 2.24) is 4.98 Å². The highest BCUT2D eigenvalue weighted by Crippen LogP contribution is 2.39. The molecule has 0 spiro atoms. The second-order valence-corrected chi connectivity index (χ2v) is 11.5. The monoisotopic (exact) mass is 487 g/mol. The predicted octanol–water partition coefficient (Wildman–Crippen LogP) is 5.41. The molecular formula is C23H22ClN3O3S2. The molecule has 6 nitrogen and oxygen atoms in total. The Hall–Kier alpha value is -2.81. The quantitative estimate of drug-likeness (QED) is 0.380. The Morgan fingerprint density at radius 3 is 2.47 bits per heavy atom. The Bertz CT molecular complexity index is 1420. The number of benzene rings is 2. The van der Waals surface area contributed by atoms with Crippen LogP contribution in [0.5, 0.6) is 0 Å². The molecule has 0 radical (unpaired) electrons. The first-order chi connectivity index (χ1) is 15.0. The summed E-state index contributed by atoms with van der Waals surface area (Å²) in [5, 5.41) is 1.17. The van der Waals surface area contributed by atoms with E-state index in [4.69, 9.17) is 17.3 Å². The second-order valence-electron chi connectivity index (χ2n) is 8.13. The average Bonchev–Trinajstić information content (AvgIpc) is 3.36. The number of anilines is 2. The molecule has 166 valence electrons. The Kier molecular flexibility index (Phi) is 5.56. The highest BCUT2D eigenvalue weighted by molar-refractivity contribution is 7.92. The lowest BCUT2D eigenvalue weighted by atomic mass is 9.81. The number of carbonyl (C=O) groups excluding carboxylic acids is 1. The summed E-state index contributed by atoms with van der Waals surface area (Å²) in [5.74, 6) is -0.515. The van der Waals surface area contributed by atoms with Crippen LogP contribution in [0.25, 0.3) is 10.1 Å². The number of thiophene rings is 1. The lowest BCUT2D eigenvalue weighted by molar-refractivity contribution is 0.100. The normalized spacial score (nSPS) is 12.2. The maximum absolute atomic E-state index is 12.9. The molecule has 1 amide bonds. The number of aromatic nitrogens is 1. The average molecular weight is 488 g/mol. The molecule has 0 aliphatic rings. The van der Waals surface area contributed by atoms with E-state index in [9.17, 15) is 13.2 Å². The van der Waals surface area contributed by atoms with Crippen molar-refractivity contribution in [3.63, 3.8) is 0 Å². The number of nitrogens with zero attached hydrogens (tertiary/aromatic N) is 1. The van der Waals surface area contributed by atoms with Crippen molar-refractivity contribution in [1.29, 1.82) is 0 Å². The largest absolute Gasteiger partial charge is 0.365 e. The Morgan fingerprint density at radius 1 is 1.09 bits per heavy atom. The van der Waals surface area contributed by atoms with Crippen molar-refractivity contribution in [3.8, 4) is 0 Å². The van der Waals surface area contributed by atoms with Gasteiger partial charge in [-0.1, -0.05) is 25.4 Å². The molecule has 3 N–H and O–H groups in total. The highest BCUT2D eigenvalue weighted by Gasteiger charge is 2.28. The number of rotatable bonds is 6. The van der Waals surface area contributed by atoms with Gasteiger partial charge in [0.2, 0.25) is 10.0 Å². The van der Waals surface area contributed by atoms with Crippen molar-refractivity contribution in [2.75, 3.05) is 10.6 Å². The highest BCUT2D eigenvalue weighted by atomic mass is 35.5. The van der Waals surface area contributed by atoms with Gasteiger partial charge in [0, 0.05) is 27.0 Å². The van der Waals surface area contributed by atoms with E-state index in [0.29, 0.717) is 21.3 Å². The summed E-state index contributed by atoms with van der Waals surface area (Å²) < 4.78 is 27.9. The number of nitrogens with one attached hydrogen (secondary N) is 1. The van der Waals surface area contributed by atoms with Gasteiger partial charge in [0.15, 0.2) is 0 Å². The number of nitrogens with two attached hydrogens (primary N) is 1. The third kappa shape index (κ3) is 4.13. The van der Waals surface area contributed by atoms with E-state index < -0.39 is 21.3 Å². The number of hydrogen-bond donors (Lipinski definition) is 2. The smallest absolute Gasteiger partial charge is 0.258 e. The summed E-state index contributed by atoms with van der Waals surface area (Å²) in [4.78, 5) is 15.2. The van der Waals surface area contributed by atoms with Crippen molar-refractivity contribution < 1.29 is 13.2 Å². The molecule has 0 fully saturated rings. The van der Waals surface area contributed by atoms with Crippen LogP contribution in [0.3, 0.4) is 0 Å². The molecule has 0 atom stereocenters. The summed E-state index contributed by atoms with van der Waals surface area (Å²) in [6.45, 7) is 4.09. The number of fused-ring (bicyclic) bond motifs is 1. The molecule has 2 heterocycles. The third-order valence-corrected chi connectivity index (χ3v) is 7.85. The van der Waals surface area contributed by atoms with Gasteiger partial charge in [0.25, 0.3) is 5.91 Å². The van der Waals surface area contributed by atoms with Crippen molar-refractivity contribution >= 4 is 60.3 Å². The van der Waals surface area contributed by atoms with Crippen molar-refractivity contribution in [3.05, 3.63) is 82.0 Å². The van der Waals surface area contributed by atoms with Crippen LogP contribution >= 0.6 is 22.9 Å². The fourth-order valence-electron chi connectivity index (χ4n) is 3.74. The first-order valence-corrected chi connectivity index (χ1v) is 12.8. The minimum Gasteiger partial charge on any atom is -0.365 e. The number of H-pyrrole nitrogens is 1. The summed E-state index contributed by atoms with van der Waals surface area (Å²) >= 11 is 7.72. The van der Waals surface area contributed by atoms with E-state index in [0.717, 1.165) is 27.6 Å². The van der Waals surface area contributed by atoms with Gasteiger partial charge in [0.05, 0.1) is 22.5 Å². The predicted molar refractivity (Wildman–Crippen MR) is 132 cm³/mol. The van der Waals surface area contributed by atoms with Crippen LogP contribution in [0.15, 0.2) is 60.8 Å². The summed E-state index contributed by atoms with van der Waals surface area (Å²) in [7, 11) is -3.70. The molecular weight excluding hydrogens is 466 g/mol. The fraction of sp³-hybridized carbons (Fsp3) is 0.174. The molecule has 0 saturated carbocycles. The molecule has 4 rings (SSSR count). The van der Waals surface area contributed by atoms with E-state index in [2.05, 4.69) is 4.98 Å². The number of aromatic amines is 1. The lowest BCUT2D eigenvalue weighted by Gasteiger charge is -2.28. The topological polar surface area (TPSA) is 96.3 Å². The molecule has 0 saturated heterocycles. The molecule has 4 aromatic rings. The summed E-state index contributed by atoms with van der Waals surface area (Å²) in [6, 6.07) is 16.1. The number of sulfonamides is 1. The van der Waals surface area contributed by atoms with E-state index >= 15 is 0 Å². The van der Waals surface area contributed by atoms with Crippen LogP contribution in [0.2, 0.25) is 5.02 Å². The van der Waals surface area contributed by atoms with Crippen LogP contribution in [0.4, 0.5) is 11.4 Å². The Morgan fingerprint density at radius 2 is 1.84 bits per heavy atom. The van der Waals surface area contributed by atoms with Gasteiger partial charge in [0.1, 0.15) is 0 Å². The zero-order chi connectivity index (χ0) is 23.3. The third-order valence-electron chi connectivity index (χ3n) is 5.42. The van der Waals surface area contributed by atoms with Crippen LogP contribution in [-0.4, -0.2) is 25.6 Å². The molecule has 0 bridgehead atoms. The van der Waals surface area contributed by atoms with Crippen LogP contribution < -0.4 is 10.0 Å². The van der Waals surface area contributed by atoms with Gasteiger partial charge in [-0.15, -0.1) is 11.3 Å². The minimum absolute atomic E-state index is 0.417. The maximum Gasteiger partial charge on any atom is 0.258 e. The summed E-state index contributed by atoms with van der Waals surface area (Å²) in [6.07, 6.45) is 3.00. The number of hydrogen-bond acceptors (Lipinski definition) is 4. The maximum atomic E-state index is 12.9. The fourth-order valence-corrected chi connectivity index (χ4v) is 5.85. The van der Waals surface area contributed by atoms with Crippen molar-refractivity contribution in [2.24, 2.45) is 5.73 Å². The molecule has 0 aliphatic heterocycles. The molecule has 32 heavy (non-hydrogen) atoms. The number of halogens is 1. The van der Waals surface area contributed by atoms with Gasteiger partial charge in [-0.2, -0.15) is 0 Å². The number of primary amides is 1. The Labute approximate surface area is 195 Å². The number of amides is 1. The van der Waals surface area contributed by atoms with E-state index in [1.807, 2.05) is 44.3 Å². The Balaban J connectivity index is 1.87. The molecule has 2 aromatic carbocycles. The second kappa shape index (κ2) is 7.95. The minimum atomic E-state index is -3.70. The number of carbonyl (C=O) groups is 1. The zero-order valence-corrected chi connectivity index (χ0v) is 20.1. The van der Waals surface area contributed by atoms with Gasteiger partial charge in [-0.3, -0.25) is 4.79 Å². The first-order valence-electron chi connectivity index (χ1n) is 9.75. The van der Waals surface area contributed by atoms with Crippen LogP contribution in [-0.2, 0) is 15.4 Å². The molecule has 9 heteroatoms. The summed E-state index contributed by atoms with van der Waals surface area (Å²) in [5.41, 5.74) is 7.69. The molecule has 0 aliphatic carbocycles. The van der Waals surface area contributed by atoms with E-state index in [-0.39, 0.29) is 0 Å².